The summed E-state index contributed by atoms with van der Waals surface area (Å²) in [4.78, 5) is 11.9. The van der Waals surface area contributed by atoms with Crippen molar-refractivity contribution in [3.8, 4) is 0 Å². The van der Waals surface area contributed by atoms with Gasteiger partial charge in [-0.1, -0.05) is 37.6 Å². The predicted molar refractivity (Wildman–Crippen MR) is 87.3 cm³/mol. The van der Waals surface area contributed by atoms with Crippen LogP contribution in [0.3, 0.4) is 0 Å². The predicted octanol–water partition coefficient (Wildman–Crippen LogP) is 2.85. The van der Waals surface area contributed by atoms with Crippen LogP contribution in [0.5, 0.6) is 0 Å². The highest BCUT2D eigenvalue weighted by molar-refractivity contribution is 5.85. The van der Waals surface area contributed by atoms with Gasteiger partial charge in [0.05, 0.1) is 6.42 Å². The number of amides is 1. The van der Waals surface area contributed by atoms with Crippen LogP contribution >= 0.6 is 12.4 Å². The van der Waals surface area contributed by atoms with Crippen LogP contribution in [-0.2, 0) is 17.6 Å². The van der Waals surface area contributed by atoms with Crippen LogP contribution in [0.2, 0.25) is 0 Å². The van der Waals surface area contributed by atoms with E-state index in [1.807, 2.05) is 26.0 Å². The quantitative estimate of drug-likeness (QED) is 0.813. The van der Waals surface area contributed by atoms with E-state index in [1.165, 1.54) is 18.4 Å². The molecule has 0 aliphatic heterocycles. The number of rotatable bonds is 7. The van der Waals surface area contributed by atoms with Crippen LogP contribution < -0.4 is 11.1 Å². The molecule has 0 spiro atoms. The number of hydrogen-bond donors (Lipinski definition) is 2. The van der Waals surface area contributed by atoms with Crippen molar-refractivity contribution in [1.82, 2.24) is 5.32 Å². The zero-order chi connectivity index (χ0) is 14.3. The summed E-state index contributed by atoms with van der Waals surface area (Å²) < 4.78 is 0. The first-order valence-electron chi connectivity index (χ1n) is 7.06. The van der Waals surface area contributed by atoms with E-state index in [9.17, 15) is 4.79 Å². The maximum Gasteiger partial charge on any atom is 0.224 e. The van der Waals surface area contributed by atoms with Gasteiger partial charge in [-0.15, -0.1) is 12.4 Å². The van der Waals surface area contributed by atoms with Gasteiger partial charge in [0.2, 0.25) is 5.91 Å². The van der Waals surface area contributed by atoms with E-state index >= 15 is 0 Å². The van der Waals surface area contributed by atoms with E-state index in [2.05, 4.69) is 24.4 Å². The Labute approximate surface area is 128 Å². The second-order valence-electron chi connectivity index (χ2n) is 5.73. The molecule has 0 bridgehead atoms. The van der Waals surface area contributed by atoms with Crippen LogP contribution in [0.25, 0.3) is 0 Å². The van der Waals surface area contributed by atoms with E-state index in [0.29, 0.717) is 13.0 Å². The molecule has 0 heterocycles. The molecular weight excluding hydrogens is 272 g/mol. The number of nitrogens with one attached hydrogen (secondary N) is 1. The summed E-state index contributed by atoms with van der Waals surface area (Å²) in [5, 5.41) is 2.94. The zero-order valence-electron chi connectivity index (χ0n) is 12.7. The average Bonchev–Trinajstić information content (AvgIpc) is 2.37. The van der Waals surface area contributed by atoms with E-state index in [0.717, 1.165) is 12.0 Å². The number of nitrogens with two attached hydrogens (primary N) is 1. The highest BCUT2D eigenvalue weighted by atomic mass is 35.5. The number of carbonyl (C=O) groups excluding carboxylic acids is 1. The summed E-state index contributed by atoms with van der Waals surface area (Å²) in [6.45, 7) is 6.49. The lowest BCUT2D eigenvalue weighted by Crippen LogP contribution is -2.49. The Bertz CT molecular complexity index is 401. The second-order valence-corrected chi connectivity index (χ2v) is 5.73. The molecule has 1 amide bonds. The number of carbonyl (C=O) groups is 1. The van der Waals surface area contributed by atoms with Gasteiger partial charge in [0.25, 0.3) is 0 Å². The first kappa shape index (κ1) is 18.9. The summed E-state index contributed by atoms with van der Waals surface area (Å²) in [5.74, 6) is 0.0248. The number of unbranched alkanes of at least 4 members (excludes halogenated alkanes) is 1. The van der Waals surface area contributed by atoms with Gasteiger partial charge < -0.3 is 11.1 Å². The normalized spacial score (nSPS) is 10.8. The molecule has 1 rings (SSSR count). The topological polar surface area (TPSA) is 55.1 Å². The number of halogens is 1. The molecule has 0 unspecified atom stereocenters. The third-order valence-electron chi connectivity index (χ3n) is 3.19. The summed E-state index contributed by atoms with van der Waals surface area (Å²) in [7, 11) is 0. The summed E-state index contributed by atoms with van der Waals surface area (Å²) in [6, 6.07) is 8.32. The smallest absolute Gasteiger partial charge is 0.224 e. The Morgan fingerprint density at radius 1 is 1.20 bits per heavy atom. The standard InChI is InChI=1S/C16H26N2O.ClH/c1-4-5-6-13-7-9-14(10-8-13)11-15(19)18-16(2,3)12-17;/h7-10H,4-6,11-12,17H2,1-3H3,(H,18,19);1H. The van der Waals surface area contributed by atoms with Gasteiger partial charge in [0.15, 0.2) is 0 Å². The molecule has 0 radical (unpaired) electrons. The van der Waals surface area contributed by atoms with Crippen molar-refractivity contribution < 1.29 is 4.79 Å². The minimum atomic E-state index is -0.335. The fraction of sp³-hybridized carbons (Fsp3) is 0.562. The average molecular weight is 299 g/mol. The second kappa shape index (κ2) is 8.98. The van der Waals surface area contributed by atoms with Crippen LogP contribution in [0.15, 0.2) is 24.3 Å². The molecule has 3 nitrogen and oxygen atoms in total. The van der Waals surface area contributed by atoms with Gasteiger partial charge in [-0.3, -0.25) is 4.79 Å². The van der Waals surface area contributed by atoms with Crippen LogP contribution in [0.1, 0.15) is 44.7 Å². The molecule has 1 aromatic carbocycles. The van der Waals surface area contributed by atoms with Crippen molar-refractivity contribution in [1.29, 1.82) is 0 Å². The highest BCUT2D eigenvalue weighted by Crippen LogP contribution is 2.09. The SMILES string of the molecule is CCCCc1ccc(CC(=O)NC(C)(C)CN)cc1.Cl. The monoisotopic (exact) mass is 298 g/mol. The minimum Gasteiger partial charge on any atom is -0.350 e. The van der Waals surface area contributed by atoms with E-state index in [-0.39, 0.29) is 23.9 Å². The van der Waals surface area contributed by atoms with Crippen molar-refractivity contribution in [2.75, 3.05) is 6.54 Å². The maximum absolute atomic E-state index is 11.9. The fourth-order valence-corrected chi connectivity index (χ4v) is 1.86. The third-order valence-corrected chi connectivity index (χ3v) is 3.19. The van der Waals surface area contributed by atoms with Crippen LogP contribution in [0.4, 0.5) is 0 Å². The lowest BCUT2D eigenvalue weighted by atomic mass is 10.0. The zero-order valence-corrected chi connectivity index (χ0v) is 13.6. The fourth-order valence-electron chi connectivity index (χ4n) is 1.86. The molecule has 0 aliphatic carbocycles. The van der Waals surface area contributed by atoms with E-state index in [1.54, 1.807) is 0 Å². The molecule has 0 saturated carbocycles. The van der Waals surface area contributed by atoms with Gasteiger partial charge in [0, 0.05) is 12.1 Å². The van der Waals surface area contributed by atoms with Gasteiger partial charge in [-0.05, 0) is 37.8 Å². The largest absolute Gasteiger partial charge is 0.350 e. The first-order valence-corrected chi connectivity index (χ1v) is 7.06. The first-order chi connectivity index (χ1) is 8.96. The Morgan fingerprint density at radius 3 is 2.25 bits per heavy atom. The maximum atomic E-state index is 11.9. The molecule has 20 heavy (non-hydrogen) atoms. The summed E-state index contributed by atoms with van der Waals surface area (Å²) in [6.07, 6.45) is 3.95. The Morgan fingerprint density at radius 2 is 1.75 bits per heavy atom. The molecule has 1 aromatic rings. The molecule has 0 atom stereocenters. The lowest BCUT2D eigenvalue weighted by molar-refractivity contribution is -0.121. The Kier molecular flexibility index (Phi) is 8.51. The van der Waals surface area contributed by atoms with Gasteiger partial charge in [-0.25, -0.2) is 0 Å². The van der Waals surface area contributed by atoms with Gasteiger partial charge in [-0.2, -0.15) is 0 Å². The summed E-state index contributed by atoms with van der Waals surface area (Å²) >= 11 is 0. The van der Waals surface area contributed by atoms with Crippen molar-refractivity contribution in [2.45, 2.75) is 52.0 Å². The highest BCUT2D eigenvalue weighted by Gasteiger charge is 2.17. The molecule has 3 N–H and O–H groups in total. The Hall–Kier alpha value is -1.06. The molecule has 0 aliphatic rings. The summed E-state index contributed by atoms with van der Waals surface area (Å²) in [5.41, 5.74) is 7.65. The van der Waals surface area contributed by atoms with Crippen molar-refractivity contribution in [3.63, 3.8) is 0 Å². The molecule has 0 aromatic heterocycles. The molecule has 0 fully saturated rings. The van der Waals surface area contributed by atoms with Gasteiger partial charge in [0.1, 0.15) is 0 Å². The minimum absolute atomic E-state index is 0. The molecule has 0 saturated heterocycles. The van der Waals surface area contributed by atoms with Gasteiger partial charge >= 0.3 is 0 Å². The Balaban J connectivity index is 0.00000361. The van der Waals surface area contributed by atoms with Crippen molar-refractivity contribution >= 4 is 18.3 Å². The van der Waals surface area contributed by atoms with Crippen LogP contribution in [0, 0.1) is 0 Å². The number of benzene rings is 1. The van der Waals surface area contributed by atoms with Crippen molar-refractivity contribution in [2.24, 2.45) is 5.73 Å². The lowest BCUT2D eigenvalue weighted by Gasteiger charge is -2.24. The number of hydrogen-bond acceptors (Lipinski definition) is 2. The molecule has 114 valence electrons. The molecule has 4 heteroatoms. The van der Waals surface area contributed by atoms with Crippen LogP contribution in [-0.4, -0.2) is 18.0 Å². The van der Waals surface area contributed by atoms with E-state index < -0.39 is 0 Å². The van der Waals surface area contributed by atoms with E-state index in [4.69, 9.17) is 5.73 Å². The third kappa shape index (κ3) is 6.92. The molecular formula is C16H27ClN2O. The number of aryl methyl sites for hydroxylation is 1. The van der Waals surface area contributed by atoms with Crippen molar-refractivity contribution in [3.05, 3.63) is 35.4 Å².